The van der Waals surface area contributed by atoms with Gasteiger partial charge in [-0.25, -0.2) is 4.79 Å². The Hall–Kier alpha value is -2.87. The van der Waals surface area contributed by atoms with Crippen molar-refractivity contribution in [3.63, 3.8) is 0 Å². The first-order chi connectivity index (χ1) is 10.4. The lowest BCUT2D eigenvalue weighted by atomic mass is 9.98. The van der Waals surface area contributed by atoms with Gasteiger partial charge in [-0.2, -0.15) is 0 Å². The molecule has 1 radical (unpaired) electrons. The van der Waals surface area contributed by atoms with Gasteiger partial charge in [-0.15, -0.1) is 0 Å². The number of benzene rings is 4. The zero-order chi connectivity index (χ0) is 14.2. The van der Waals surface area contributed by atoms with Crippen LogP contribution in [0.1, 0.15) is 0 Å². The molecule has 0 bridgehead atoms. The smallest absolute Gasteiger partial charge is 0.417 e. The van der Waals surface area contributed by atoms with Crippen LogP contribution < -0.4 is 4.74 Å². The molecule has 0 saturated carbocycles. The van der Waals surface area contributed by atoms with Crippen molar-refractivity contribution in [3.05, 3.63) is 66.7 Å². The highest BCUT2D eigenvalue weighted by molar-refractivity contribution is 6.10. The molecule has 2 heteroatoms. The minimum absolute atomic E-state index is 0.573. The Labute approximate surface area is 121 Å². The first-order valence-corrected chi connectivity index (χ1v) is 6.75. The van der Waals surface area contributed by atoms with Gasteiger partial charge in [0, 0.05) is 10.8 Å². The molecule has 0 N–H and O–H groups in total. The fourth-order valence-corrected chi connectivity index (χ4v) is 2.87. The zero-order valence-electron chi connectivity index (χ0n) is 11.2. The minimum Gasteiger partial charge on any atom is -0.417 e. The van der Waals surface area contributed by atoms with E-state index in [-0.39, 0.29) is 0 Å². The normalized spacial score (nSPS) is 11.0. The van der Waals surface area contributed by atoms with Crippen LogP contribution >= 0.6 is 0 Å². The second-order valence-electron chi connectivity index (χ2n) is 5.03. The summed E-state index contributed by atoms with van der Waals surface area (Å²) in [4.78, 5) is 10.8. The van der Waals surface area contributed by atoms with E-state index in [1.54, 1.807) is 6.47 Å². The van der Waals surface area contributed by atoms with Gasteiger partial charge in [0.05, 0.1) is 0 Å². The molecule has 99 valence electrons. The average Bonchev–Trinajstić information content (AvgIpc) is 2.53. The first kappa shape index (κ1) is 11.9. The molecule has 0 heterocycles. The van der Waals surface area contributed by atoms with Crippen LogP contribution in [0.4, 0.5) is 0 Å². The fourth-order valence-electron chi connectivity index (χ4n) is 2.87. The number of hydrogen-bond acceptors (Lipinski definition) is 2. The zero-order valence-corrected chi connectivity index (χ0v) is 11.2. The van der Waals surface area contributed by atoms with Crippen LogP contribution in [0.5, 0.6) is 5.75 Å². The number of hydrogen-bond donors (Lipinski definition) is 0. The molecule has 2 nitrogen and oxygen atoms in total. The minimum atomic E-state index is 0.573. The summed E-state index contributed by atoms with van der Waals surface area (Å²) < 4.78 is 5.18. The third-order valence-corrected chi connectivity index (χ3v) is 3.82. The van der Waals surface area contributed by atoms with E-state index in [1.807, 2.05) is 36.4 Å². The molecule has 0 aromatic heterocycles. The van der Waals surface area contributed by atoms with Crippen LogP contribution in [0, 0.1) is 0 Å². The van der Waals surface area contributed by atoms with E-state index in [4.69, 9.17) is 4.74 Å². The molecule has 0 aliphatic heterocycles. The molecule has 0 aliphatic carbocycles. The van der Waals surface area contributed by atoms with Crippen molar-refractivity contribution < 1.29 is 9.53 Å². The quantitative estimate of drug-likeness (QED) is 0.498. The van der Waals surface area contributed by atoms with Crippen LogP contribution in [-0.2, 0) is 4.79 Å². The highest BCUT2D eigenvalue weighted by Crippen LogP contribution is 2.36. The van der Waals surface area contributed by atoms with Gasteiger partial charge in [0.1, 0.15) is 5.75 Å². The largest absolute Gasteiger partial charge is 0.423 e. The number of carbonyl (C=O) groups excluding carboxylic acids is 1. The van der Waals surface area contributed by atoms with Crippen molar-refractivity contribution >= 4 is 38.8 Å². The third kappa shape index (κ3) is 1.84. The lowest BCUT2D eigenvalue weighted by Gasteiger charge is -2.10. The number of ether oxygens (including phenoxy) is 1. The van der Waals surface area contributed by atoms with Crippen molar-refractivity contribution in [3.8, 4) is 5.75 Å². The molecule has 21 heavy (non-hydrogen) atoms. The van der Waals surface area contributed by atoms with E-state index in [9.17, 15) is 4.79 Å². The van der Waals surface area contributed by atoms with Gasteiger partial charge in [-0.1, -0.05) is 48.5 Å². The molecule has 0 fully saturated rings. The summed E-state index contributed by atoms with van der Waals surface area (Å²) in [5.41, 5.74) is 0. The summed E-state index contributed by atoms with van der Waals surface area (Å²) in [6.07, 6.45) is 0. The highest BCUT2D eigenvalue weighted by Gasteiger charge is 2.10. The summed E-state index contributed by atoms with van der Waals surface area (Å²) in [5, 5.41) is 6.24. The SMILES string of the molecule is O=[C]Oc1c2ccccc2cc2cc3ccccc3cc12. The Morgan fingerprint density at radius 2 is 1.29 bits per heavy atom. The maximum absolute atomic E-state index is 10.8. The van der Waals surface area contributed by atoms with E-state index in [0.29, 0.717) is 5.75 Å². The van der Waals surface area contributed by atoms with E-state index in [0.717, 1.165) is 26.9 Å². The number of rotatable bonds is 2. The Morgan fingerprint density at radius 3 is 2.05 bits per heavy atom. The fraction of sp³-hybridized carbons (Fsp3) is 0. The van der Waals surface area contributed by atoms with Crippen molar-refractivity contribution in [1.82, 2.24) is 0 Å². The monoisotopic (exact) mass is 271 g/mol. The Bertz CT molecular complexity index is 981. The summed E-state index contributed by atoms with van der Waals surface area (Å²) in [5.74, 6) is 0.573. The standard InChI is InChI=1S/C19H11O2/c20-12-21-19-17-8-4-3-7-15(17)10-16-9-13-5-1-2-6-14(13)11-18(16)19/h1-11H. The maximum atomic E-state index is 10.8. The van der Waals surface area contributed by atoms with Gasteiger partial charge in [0.2, 0.25) is 0 Å². The summed E-state index contributed by atoms with van der Waals surface area (Å²) in [6, 6.07) is 22.3. The molecule has 0 saturated heterocycles. The lowest BCUT2D eigenvalue weighted by Crippen LogP contribution is -1.92. The van der Waals surface area contributed by atoms with Crippen molar-refractivity contribution in [2.45, 2.75) is 0 Å². The Balaban J connectivity index is 2.22. The molecule has 0 spiro atoms. The van der Waals surface area contributed by atoms with E-state index >= 15 is 0 Å². The Kier molecular flexibility index (Phi) is 2.61. The first-order valence-electron chi connectivity index (χ1n) is 6.75. The van der Waals surface area contributed by atoms with Crippen LogP contribution in [0.2, 0.25) is 0 Å². The van der Waals surface area contributed by atoms with Crippen LogP contribution in [0.25, 0.3) is 32.3 Å². The lowest BCUT2D eigenvalue weighted by molar-refractivity contribution is 0.448. The maximum Gasteiger partial charge on any atom is 0.423 e. The van der Waals surface area contributed by atoms with Crippen LogP contribution in [0.15, 0.2) is 66.7 Å². The third-order valence-electron chi connectivity index (χ3n) is 3.82. The molecule has 0 aliphatic rings. The topological polar surface area (TPSA) is 26.3 Å². The van der Waals surface area contributed by atoms with Gasteiger partial charge < -0.3 is 4.74 Å². The van der Waals surface area contributed by atoms with Crippen LogP contribution in [0.3, 0.4) is 0 Å². The van der Waals surface area contributed by atoms with Crippen LogP contribution in [-0.4, -0.2) is 6.47 Å². The van der Waals surface area contributed by atoms with Gasteiger partial charge in [0.25, 0.3) is 0 Å². The van der Waals surface area contributed by atoms with E-state index in [2.05, 4.69) is 30.3 Å². The van der Waals surface area contributed by atoms with Gasteiger partial charge in [-0.05, 0) is 39.7 Å². The predicted molar refractivity (Wildman–Crippen MR) is 85.3 cm³/mol. The molecule has 4 aromatic rings. The van der Waals surface area contributed by atoms with Gasteiger partial charge in [-0.3, -0.25) is 0 Å². The van der Waals surface area contributed by atoms with Crippen molar-refractivity contribution in [1.29, 1.82) is 0 Å². The Morgan fingerprint density at radius 1 is 0.667 bits per heavy atom. The summed E-state index contributed by atoms with van der Waals surface area (Å²) >= 11 is 0. The average molecular weight is 271 g/mol. The molecule has 0 atom stereocenters. The number of fused-ring (bicyclic) bond motifs is 3. The van der Waals surface area contributed by atoms with Crippen molar-refractivity contribution in [2.75, 3.05) is 0 Å². The second kappa shape index (κ2) is 4.60. The molecule has 4 rings (SSSR count). The molecule has 0 unspecified atom stereocenters. The highest BCUT2D eigenvalue weighted by atomic mass is 16.5. The summed E-state index contributed by atoms with van der Waals surface area (Å²) in [6.45, 7) is 1.57. The molecule has 0 amide bonds. The molecule has 4 aromatic carbocycles. The molecular formula is C19H11O2. The second-order valence-corrected chi connectivity index (χ2v) is 5.03. The predicted octanol–water partition coefficient (Wildman–Crippen LogP) is 4.59. The van der Waals surface area contributed by atoms with Gasteiger partial charge >= 0.3 is 6.47 Å². The van der Waals surface area contributed by atoms with E-state index < -0.39 is 0 Å². The van der Waals surface area contributed by atoms with Crippen molar-refractivity contribution in [2.24, 2.45) is 0 Å². The summed E-state index contributed by atoms with van der Waals surface area (Å²) in [7, 11) is 0. The molecular weight excluding hydrogens is 260 g/mol. The van der Waals surface area contributed by atoms with E-state index in [1.165, 1.54) is 5.39 Å². The van der Waals surface area contributed by atoms with Gasteiger partial charge in [0.15, 0.2) is 0 Å².